The van der Waals surface area contributed by atoms with Crippen molar-refractivity contribution in [1.82, 2.24) is 20.1 Å². The van der Waals surface area contributed by atoms with Crippen LogP contribution in [0.25, 0.3) is 0 Å². The van der Waals surface area contributed by atoms with Crippen molar-refractivity contribution in [1.29, 1.82) is 0 Å². The second-order valence-corrected chi connectivity index (χ2v) is 4.78. The summed E-state index contributed by atoms with van der Waals surface area (Å²) in [5, 5.41) is 6.95. The molecule has 1 unspecified atom stereocenters. The quantitative estimate of drug-likeness (QED) is 0.846. The molecule has 0 amide bonds. The van der Waals surface area contributed by atoms with Crippen LogP contribution in [0, 0.1) is 0 Å². The van der Waals surface area contributed by atoms with E-state index in [1.54, 1.807) is 13.4 Å². The summed E-state index contributed by atoms with van der Waals surface area (Å²) in [7, 11) is 1.59. The summed E-state index contributed by atoms with van der Waals surface area (Å²) < 4.78 is 15.4. The van der Waals surface area contributed by atoms with E-state index in [9.17, 15) is 0 Å². The Hall–Kier alpha value is -2.06. The highest BCUT2D eigenvalue weighted by molar-refractivity contribution is 5.36. The van der Waals surface area contributed by atoms with Crippen LogP contribution in [-0.2, 0) is 22.6 Å². The normalized spacial score (nSPS) is 18.0. The van der Waals surface area contributed by atoms with Crippen molar-refractivity contribution in [3.8, 4) is 0 Å². The Bertz CT molecular complexity index is 583. The molecule has 0 aliphatic carbocycles. The fourth-order valence-corrected chi connectivity index (χ4v) is 2.18. The largest absolute Gasteiger partial charge is 0.381 e. The predicted octanol–water partition coefficient (Wildman–Crippen LogP) is 1.12. The standard InChI is InChI=1S/C13H17N5O3/c1-19-7-12-17-13(21-18-12)5-14-11-4-10(15-8-16-11)9-2-3-20-6-9/h4,8-9H,2-3,5-7H2,1H3,(H,14,15,16). The third-order valence-electron chi connectivity index (χ3n) is 3.24. The Morgan fingerprint density at radius 2 is 2.38 bits per heavy atom. The molecule has 2 aromatic rings. The van der Waals surface area contributed by atoms with Crippen LogP contribution in [0.3, 0.4) is 0 Å². The van der Waals surface area contributed by atoms with E-state index in [1.807, 2.05) is 6.07 Å². The second-order valence-electron chi connectivity index (χ2n) is 4.78. The molecule has 8 heteroatoms. The minimum absolute atomic E-state index is 0.336. The van der Waals surface area contributed by atoms with Gasteiger partial charge in [0.1, 0.15) is 18.8 Å². The molecule has 0 aromatic carbocycles. The highest BCUT2D eigenvalue weighted by atomic mass is 16.5. The summed E-state index contributed by atoms with van der Waals surface area (Å²) in [6.07, 6.45) is 2.56. The number of aromatic nitrogens is 4. The molecule has 3 rings (SSSR count). The Kier molecular flexibility index (Phi) is 4.37. The molecule has 0 radical (unpaired) electrons. The van der Waals surface area contributed by atoms with E-state index >= 15 is 0 Å². The van der Waals surface area contributed by atoms with Crippen molar-refractivity contribution < 1.29 is 14.0 Å². The molecular formula is C13H17N5O3. The predicted molar refractivity (Wildman–Crippen MR) is 72.5 cm³/mol. The summed E-state index contributed by atoms with van der Waals surface area (Å²) in [5.74, 6) is 2.11. The van der Waals surface area contributed by atoms with Crippen molar-refractivity contribution in [3.05, 3.63) is 29.8 Å². The average molecular weight is 291 g/mol. The summed E-state index contributed by atoms with van der Waals surface area (Å²) in [6, 6.07) is 1.94. The fourth-order valence-electron chi connectivity index (χ4n) is 2.18. The van der Waals surface area contributed by atoms with Crippen molar-refractivity contribution in [3.63, 3.8) is 0 Å². The molecule has 0 saturated carbocycles. The first-order chi connectivity index (χ1) is 10.3. The zero-order valence-corrected chi connectivity index (χ0v) is 11.8. The number of anilines is 1. The topological polar surface area (TPSA) is 95.2 Å². The second kappa shape index (κ2) is 6.59. The lowest BCUT2D eigenvalue weighted by Gasteiger charge is -2.08. The number of ether oxygens (including phenoxy) is 2. The van der Waals surface area contributed by atoms with Crippen LogP contribution in [0.5, 0.6) is 0 Å². The molecule has 1 atom stereocenters. The van der Waals surface area contributed by atoms with E-state index in [4.69, 9.17) is 14.0 Å². The number of nitrogens with zero attached hydrogens (tertiary/aromatic N) is 4. The van der Waals surface area contributed by atoms with E-state index < -0.39 is 0 Å². The van der Waals surface area contributed by atoms with Gasteiger partial charge in [-0.25, -0.2) is 9.97 Å². The first kappa shape index (κ1) is 13.9. The smallest absolute Gasteiger partial charge is 0.246 e. The first-order valence-corrected chi connectivity index (χ1v) is 6.79. The van der Waals surface area contributed by atoms with Crippen molar-refractivity contribution in [2.75, 3.05) is 25.6 Å². The molecule has 2 aromatic heterocycles. The van der Waals surface area contributed by atoms with Crippen molar-refractivity contribution in [2.45, 2.75) is 25.5 Å². The van der Waals surface area contributed by atoms with Gasteiger partial charge in [-0.1, -0.05) is 5.16 Å². The van der Waals surface area contributed by atoms with Crippen LogP contribution in [0.4, 0.5) is 5.82 Å². The Labute approximate surface area is 121 Å². The van der Waals surface area contributed by atoms with Gasteiger partial charge in [0.15, 0.2) is 5.82 Å². The third-order valence-corrected chi connectivity index (χ3v) is 3.24. The Morgan fingerprint density at radius 3 is 3.19 bits per heavy atom. The lowest BCUT2D eigenvalue weighted by atomic mass is 10.1. The van der Waals surface area contributed by atoms with Gasteiger partial charge in [-0.3, -0.25) is 0 Å². The molecule has 1 aliphatic rings. The van der Waals surface area contributed by atoms with Crippen molar-refractivity contribution >= 4 is 5.82 Å². The van der Waals surface area contributed by atoms with Gasteiger partial charge < -0.3 is 19.3 Å². The van der Waals surface area contributed by atoms with E-state index in [2.05, 4.69) is 25.4 Å². The van der Waals surface area contributed by atoms with E-state index in [1.165, 1.54) is 0 Å². The number of methoxy groups -OCH3 is 1. The summed E-state index contributed by atoms with van der Waals surface area (Å²) >= 11 is 0. The molecule has 0 bridgehead atoms. The molecule has 21 heavy (non-hydrogen) atoms. The van der Waals surface area contributed by atoms with Gasteiger partial charge in [0.2, 0.25) is 5.89 Å². The molecule has 1 aliphatic heterocycles. The van der Waals surface area contributed by atoms with Crippen LogP contribution in [0.1, 0.15) is 29.7 Å². The summed E-state index contributed by atoms with van der Waals surface area (Å²) in [4.78, 5) is 12.7. The molecule has 8 nitrogen and oxygen atoms in total. The maximum Gasteiger partial charge on any atom is 0.246 e. The zero-order valence-electron chi connectivity index (χ0n) is 11.8. The zero-order chi connectivity index (χ0) is 14.5. The van der Waals surface area contributed by atoms with E-state index in [0.717, 1.165) is 31.1 Å². The van der Waals surface area contributed by atoms with Crippen LogP contribution in [0.15, 0.2) is 16.9 Å². The minimum atomic E-state index is 0.336. The van der Waals surface area contributed by atoms with Crippen molar-refractivity contribution in [2.24, 2.45) is 0 Å². The van der Waals surface area contributed by atoms with Crippen LogP contribution >= 0.6 is 0 Å². The van der Waals surface area contributed by atoms with Gasteiger partial charge in [0.25, 0.3) is 0 Å². The van der Waals surface area contributed by atoms with Crippen LogP contribution in [-0.4, -0.2) is 40.4 Å². The maximum atomic E-state index is 5.38. The molecular weight excluding hydrogens is 274 g/mol. The molecule has 1 fully saturated rings. The molecule has 0 spiro atoms. The lowest BCUT2D eigenvalue weighted by Crippen LogP contribution is -2.06. The average Bonchev–Trinajstić information content (AvgIpc) is 3.18. The Balaban J connectivity index is 1.60. The highest BCUT2D eigenvalue weighted by Crippen LogP contribution is 2.24. The molecule has 3 heterocycles. The van der Waals surface area contributed by atoms with Gasteiger partial charge in [0, 0.05) is 25.7 Å². The van der Waals surface area contributed by atoms with Gasteiger partial charge in [-0.05, 0) is 6.42 Å². The maximum absolute atomic E-state index is 5.38. The fraction of sp³-hybridized carbons (Fsp3) is 0.538. The van der Waals surface area contributed by atoms with E-state index in [-0.39, 0.29) is 0 Å². The molecule has 1 N–H and O–H groups in total. The molecule has 112 valence electrons. The number of rotatable bonds is 6. The number of nitrogens with one attached hydrogen (secondary N) is 1. The third kappa shape index (κ3) is 3.53. The van der Waals surface area contributed by atoms with Crippen LogP contribution < -0.4 is 5.32 Å². The minimum Gasteiger partial charge on any atom is -0.381 e. The first-order valence-electron chi connectivity index (χ1n) is 6.79. The van der Waals surface area contributed by atoms with E-state index in [0.29, 0.717) is 30.8 Å². The summed E-state index contributed by atoms with van der Waals surface area (Å²) in [5.41, 5.74) is 0.996. The number of hydrogen-bond acceptors (Lipinski definition) is 8. The SMILES string of the molecule is COCc1noc(CNc2cc(C3CCOC3)ncn2)n1. The highest BCUT2D eigenvalue weighted by Gasteiger charge is 2.19. The lowest BCUT2D eigenvalue weighted by molar-refractivity contribution is 0.174. The number of hydrogen-bond donors (Lipinski definition) is 1. The molecule has 1 saturated heterocycles. The van der Waals surface area contributed by atoms with Crippen LogP contribution in [0.2, 0.25) is 0 Å². The monoisotopic (exact) mass is 291 g/mol. The summed E-state index contributed by atoms with van der Waals surface area (Å²) in [6.45, 7) is 2.26. The van der Waals surface area contributed by atoms with Gasteiger partial charge in [-0.2, -0.15) is 4.98 Å². The van der Waals surface area contributed by atoms with Gasteiger partial charge >= 0.3 is 0 Å². The van der Waals surface area contributed by atoms with Gasteiger partial charge in [-0.15, -0.1) is 0 Å². The Morgan fingerprint density at radius 1 is 1.43 bits per heavy atom. The van der Waals surface area contributed by atoms with Gasteiger partial charge in [0.05, 0.1) is 18.8 Å².